The average Bonchev–Trinajstić information content (AvgIpc) is 2.90. The van der Waals surface area contributed by atoms with Crippen LogP contribution in [0.4, 0.5) is 5.69 Å². The molecule has 1 atom stereocenters. The highest BCUT2D eigenvalue weighted by molar-refractivity contribution is 5.95. The van der Waals surface area contributed by atoms with Crippen LogP contribution in [-0.4, -0.2) is 21.5 Å². The van der Waals surface area contributed by atoms with Crippen molar-refractivity contribution in [3.05, 3.63) is 42.5 Å². The van der Waals surface area contributed by atoms with E-state index in [9.17, 15) is 4.79 Å². The Kier molecular flexibility index (Phi) is 8.97. The second-order valence-electron chi connectivity index (χ2n) is 6.60. The predicted octanol–water partition coefficient (Wildman–Crippen LogP) is 3.15. The summed E-state index contributed by atoms with van der Waals surface area (Å²) in [6.45, 7) is 6.20. The number of anilines is 1. The fourth-order valence-corrected chi connectivity index (χ4v) is 1.93. The van der Waals surface area contributed by atoms with E-state index in [0.717, 1.165) is 5.82 Å². The first kappa shape index (κ1) is 23.2. The molecule has 1 aromatic carbocycles. The lowest BCUT2D eigenvalue weighted by atomic mass is 9.87. The summed E-state index contributed by atoms with van der Waals surface area (Å²) >= 11 is 0. The van der Waals surface area contributed by atoms with Gasteiger partial charge in [-0.15, -0.1) is 24.8 Å². The Balaban J connectivity index is 0.00000288. The van der Waals surface area contributed by atoms with Gasteiger partial charge in [-0.1, -0.05) is 20.8 Å². The summed E-state index contributed by atoms with van der Waals surface area (Å²) in [6.07, 6.45) is 3.60. The molecule has 2 rings (SSSR count). The van der Waals surface area contributed by atoms with Crippen molar-refractivity contribution in [3.8, 4) is 5.75 Å². The van der Waals surface area contributed by atoms with Crippen molar-refractivity contribution in [2.24, 2.45) is 18.2 Å². The quantitative estimate of drug-likeness (QED) is 0.823. The number of halogens is 2. The van der Waals surface area contributed by atoms with Gasteiger partial charge in [-0.3, -0.25) is 4.79 Å². The van der Waals surface area contributed by atoms with Crippen LogP contribution in [0.15, 0.2) is 36.7 Å². The molecule has 0 unspecified atom stereocenters. The van der Waals surface area contributed by atoms with Crippen LogP contribution < -0.4 is 15.8 Å². The van der Waals surface area contributed by atoms with Crippen molar-refractivity contribution in [2.75, 3.05) is 5.32 Å². The molecule has 1 amide bonds. The van der Waals surface area contributed by atoms with E-state index in [1.165, 1.54) is 0 Å². The van der Waals surface area contributed by atoms with Gasteiger partial charge in [0.25, 0.3) is 0 Å². The summed E-state index contributed by atoms with van der Waals surface area (Å²) in [6, 6.07) is 6.63. The van der Waals surface area contributed by atoms with Gasteiger partial charge in [-0.25, -0.2) is 4.98 Å². The fourth-order valence-electron chi connectivity index (χ4n) is 1.93. The lowest BCUT2D eigenvalue weighted by Gasteiger charge is -2.25. The van der Waals surface area contributed by atoms with Crippen LogP contribution >= 0.6 is 24.8 Å². The number of imidazole rings is 1. The first-order valence-electron chi connectivity index (χ1n) is 7.53. The SMILES string of the molecule is Cl.Cl.Cn1ccnc1COc1ccc(NC(=O)[C@@H](N)C(C)(C)C)cc1. The maximum atomic E-state index is 12.1. The number of amides is 1. The van der Waals surface area contributed by atoms with Gasteiger partial charge in [0.15, 0.2) is 0 Å². The predicted molar refractivity (Wildman–Crippen MR) is 105 cm³/mol. The Morgan fingerprint density at radius 3 is 2.36 bits per heavy atom. The smallest absolute Gasteiger partial charge is 0.241 e. The van der Waals surface area contributed by atoms with E-state index in [4.69, 9.17) is 10.5 Å². The summed E-state index contributed by atoms with van der Waals surface area (Å²) in [4.78, 5) is 16.3. The topological polar surface area (TPSA) is 82.2 Å². The Morgan fingerprint density at radius 2 is 1.88 bits per heavy atom. The van der Waals surface area contributed by atoms with Crippen LogP contribution in [0.2, 0.25) is 0 Å². The first-order chi connectivity index (χ1) is 10.8. The number of hydrogen-bond acceptors (Lipinski definition) is 4. The van der Waals surface area contributed by atoms with Gasteiger partial charge in [-0.2, -0.15) is 0 Å². The molecule has 1 aromatic heterocycles. The third-order valence-electron chi connectivity index (χ3n) is 3.63. The Bertz CT molecular complexity index is 666. The van der Waals surface area contributed by atoms with Crippen LogP contribution in [0.25, 0.3) is 0 Å². The molecule has 0 saturated heterocycles. The molecular formula is C17H26Cl2N4O2. The molecular weight excluding hydrogens is 363 g/mol. The zero-order valence-corrected chi connectivity index (χ0v) is 16.5. The Hall–Kier alpha value is -1.76. The fraction of sp³-hybridized carbons (Fsp3) is 0.412. The van der Waals surface area contributed by atoms with Crippen LogP contribution in [0.3, 0.4) is 0 Å². The van der Waals surface area contributed by atoms with E-state index in [-0.39, 0.29) is 36.1 Å². The van der Waals surface area contributed by atoms with Gasteiger partial charge in [0.05, 0.1) is 6.04 Å². The third-order valence-corrected chi connectivity index (χ3v) is 3.63. The number of aryl methyl sites for hydroxylation is 1. The molecule has 0 saturated carbocycles. The standard InChI is InChI=1S/C17H24N4O2.2ClH/c1-17(2,3)15(18)16(22)20-12-5-7-13(8-6-12)23-11-14-19-9-10-21(14)4;;/h5-10,15H,11,18H2,1-4H3,(H,20,22);2*1H/t15-;;/m1../s1. The van der Waals surface area contributed by atoms with Gasteiger partial charge in [0.2, 0.25) is 5.91 Å². The highest BCUT2D eigenvalue weighted by Crippen LogP contribution is 2.20. The van der Waals surface area contributed by atoms with Crippen LogP contribution in [-0.2, 0) is 18.4 Å². The molecule has 0 aliphatic heterocycles. The van der Waals surface area contributed by atoms with E-state index < -0.39 is 6.04 Å². The molecule has 140 valence electrons. The van der Waals surface area contributed by atoms with E-state index in [1.807, 2.05) is 38.6 Å². The molecule has 0 spiro atoms. The summed E-state index contributed by atoms with van der Waals surface area (Å²) < 4.78 is 7.58. The molecule has 6 nitrogen and oxygen atoms in total. The lowest BCUT2D eigenvalue weighted by Crippen LogP contribution is -2.45. The lowest BCUT2D eigenvalue weighted by molar-refractivity contribution is -0.119. The van der Waals surface area contributed by atoms with E-state index in [0.29, 0.717) is 18.0 Å². The minimum absolute atomic E-state index is 0. The van der Waals surface area contributed by atoms with Gasteiger partial charge in [0, 0.05) is 25.1 Å². The van der Waals surface area contributed by atoms with Crippen molar-refractivity contribution >= 4 is 36.4 Å². The molecule has 0 aliphatic carbocycles. The second-order valence-corrected chi connectivity index (χ2v) is 6.60. The molecule has 0 aliphatic rings. The summed E-state index contributed by atoms with van der Waals surface area (Å²) in [7, 11) is 1.92. The number of carbonyl (C=O) groups is 1. The number of rotatable bonds is 5. The summed E-state index contributed by atoms with van der Waals surface area (Å²) in [5, 5.41) is 2.82. The highest BCUT2D eigenvalue weighted by Gasteiger charge is 2.27. The molecule has 0 radical (unpaired) electrons. The van der Waals surface area contributed by atoms with Gasteiger partial charge < -0.3 is 20.4 Å². The van der Waals surface area contributed by atoms with Crippen molar-refractivity contribution in [2.45, 2.75) is 33.4 Å². The molecule has 2 aromatic rings. The third kappa shape index (κ3) is 6.57. The van der Waals surface area contributed by atoms with E-state index in [1.54, 1.807) is 30.5 Å². The van der Waals surface area contributed by atoms with Crippen LogP contribution in [0.1, 0.15) is 26.6 Å². The van der Waals surface area contributed by atoms with E-state index in [2.05, 4.69) is 10.3 Å². The number of benzene rings is 1. The number of carbonyl (C=O) groups excluding carboxylic acids is 1. The largest absolute Gasteiger partial charge is 0.486 e. The van der Waals surface area contributed by atoms with Crippen molar-refractivity contribution in [1.29, 1.82) is 0 Å². The van der Waals surface area contributed by atoms with Gasteiger partial charge in [0.1, 0.15) is 18.2 Å². The minimum atomic E-state index is -0.568. The minimum Gasteiger partial charge on any atom is -0.486 e. The number of nitrogens with zero attached hydrogens (tertiary/aromatic N) is 2. The van der Waals surface area contributed by atoms with E-state index >= 15 is 0 Å². The van der Waals surface area contributed by atoms with Gasteiger partial charge >= 0.3 is 0 Å². The molecule has 0 fully saturated rings. The summed E-state index contributed by atoms with van der Waals surface area (Å²) in [5.74, 6) is 1.36. The zero-order chi connectivity index (χ0) is 17.0. The van der Waals surface area contributed by atoms with Crippen molar-refractivity contribution in [3.63, 3.8) is 0 Å². The molecule has 25 heavy (non-hydrogen) atoms. The molecule has 3 N–H and O–H groups in total. The Morgan fingerprint density at radius 1 is 1.28 bits per heavy atom. The zero-order valence-electron chi connectivity index (χ0n) is 14.9. The van der Waals surface area contributed by atoms with Gasteiger partial charge in [-0.05, 0) is 29.7 Å². The number of hydrogen-bond donors (Lipinski definition) is 2. The van der Waals surface area contributed by atoms with Crippen molar-refractivity contribution < 1.29 is 9.53 Å². The molecule has 1 heterocycles. The van der Waals surface area contributed by atoms with Crippen molar-refractivity contribution in [1.82, 2.24) is 9.55 Å². The average molecular weight is 389 g/mol. The number of aromatic nitrogens is 2. The highest BCUT2D eigenvalue weighted by atomic mass is 35.5. The maximum Gasteiger partial charge on any atom is 0.241 e. The normalized spacial score (nSPS) is 11.7. The molecule has 0 bridgehead atoms. The van der Waals surface area contributed by atoms with Crippen LogP contribution in [0.5, 0.6) is 5.75 Å². The summed E-state index contributed by atoms with van der Waals surface area (Å²) in [5.41, 5.74) is 6.35. The first-order valence-corrected chi connectivity index (χ1v) is 7.53. The monoisotopic (exact) mass is 388 g/mol. The molecule has 8 heteroatoms. The number of nitrogens with one attached hydrogen (secondary N) is 1. The second kappa shape index (κ2) is 9.65. The Labute approximate surface area is 161 Å². The number of ether oxygens (including phenoxy) is 1. The van der Waals surface area contributed by atoms with Crippen LogP contribution in [0, 0.1) is 5.41 Å². The number of nitrogens with two attached hydrogens (primary N) is 1. The maximum absolute atomic E-state index is 12.1.